The number of nitrogens with two attached hydrogens (primary N) is 1. The normalized spacial score (nSPS) is 15.0. The Morgan fingerprint density at radius 1 is 1.21 bits per heavy atom. The lowest BCUT2D eigenvalue weighted by Gasteiger charge is -2.28. The largest absolute Gasteiger partial charge is 0.453 e. The quantitative estimate of drug-likeness (QED) is 0.781. The molecule has 0 fully saturated rings. The molecule has 0 saturated heterocycles. The van der Waals surface area contributed by atoms with E-state index in [4.69, 9.17) is 10.5 Å². The van der Waals surface area contributed by atoms with Crippen molar-refractivity contribution in [3.8, 4) is 0 Å². The molecule has 19 heavy (non-hydrogen) atoms. The molecule has 1 amide bonds. The Morgan fingerprint density at radius 2 is 1.68 bits per heavy atom. The molecule has 0 rings (SSSR count). The van der Waals surface area contributed by atoms with Crippen molar-refractivity contribution in [2.24, 2.45) is 11.7 Å². The van der Waals surface area contributed by atoms with Crippen molar-refractivity contribution in [1.82, 2.24) is 5.32 Å². The van der Waals surface area contributed by atoms with Gasteiger partial charge in [-0.25, -0.2) is 4.79 Å². The lowest BCUT2D eigenvalue weighted by molar-refractivity contribution is -0.300. The third-order valence-corrected chi connectivity index (χ3v) is 2.07. The fraction of sp³-hybridized carbons (Fsp3) is 0.900. The zero-order valence-corrected chi connectivity index (χ0v) is 10.8. The number of carbonyl (C=O) groups is 1. The first-order valence-corrected chi connectivity index (χ1v) is 5.42. The van der Waals surface area contributed by atoms with Crippen molar-refractivity contribution >= 4 is 6.09 Å². The number of hydrogen-bond donors (Lipinski definition) is 2. The van der Waals surface area contributed by atoms with Gasteiger partial charge in [-0.05, 0) is 20.8 Å². The molecule has 0 spiro atoms. The van der Waals surface area contributed by atoms with Gasteiger partial charge in [0.05, 0.1) is 5.92 Å². The van der Waals surface area contributed by atoms with Crippen LogP contribution < -0.4 is 11.1 Å². The van der Waals surface area contributed by atoms with Crippen LogP contribution in [0.15, 0.2) is 0 Å². The summed E-state index contributed by atoms with van der Waals surface area (Å²) in [4.78, 5) is 11.2. The van der Waals surface area contributed by atoms with Gasteiger partial charge < -0.3 is 15.8 Å². The highest BCUT2D eigenvalue weighted by Gasteiger charge is 2.61. The van der Waals surface area contributed by atoms with Gasteiger partial charge in [-0.15, -0.1) is 0 Å². The van der Waals surface area contributed by atoms with E-state index in [-0.39, 0.29) is 0 Å². The number of alkyl halides is 5. The average molecular weight is 292 g/mol. The minimum absolute atomic E-state index is 0.880. The standard InChI is InChI=1S/C10H17F5N2O2/c1-8(2,3)19-7(18)17-5-6(4-16)9(11,12)10(13,14)15/h6H,4-5,16H2,1-3H3,(H,17,18). The number of nitrogens with one attached hydrogen (secondary N) is 1. The topological polar surface area (TPSA) is 64.3 Å². The van der Waals surface area contributed by atoms with Crippen LogP contribution in [0.3, 0.4) is 0 Å². The second-order valence-corrected chi connectivity index (χ2v) is 4.94. The lowest BCUT2D eigenvalue weighted by atomic mass is 10.0. The van der Waals surface area contributed by atoms with Crippen LogP contribution in [0.2, 0.25) is 0 Å². The predicted molar refractivity (Wildman–Crippen MR) is 57.8 cm³/mol. The maximum absolute atomic E-state index is 13.0. The fourth-order valence-corrected chi connectivity index (χ4v) is 1.11. The van der Waals surface area contributed by atoms with E-state index in [1.807, 2.05) is 5.32 Å². The zero-order chi connectivity index (χ0) is 15.5. The molecule has 0 saturated carbocycles. The van der Waals surface area contributed by atoms with Crippen LogP contribution in [-0.4, -0.2) is 36.9 Å². The summed E-state index contributed by atoms with van der Waals surface area (Å²) < 4.78 is 67.0. The van der Waals surface area contributed by atoms with Crippen molar-refractivity contribution in [3.05, 3.63) is 0 Å². The summed E-state index contributed by atoms with van der Waals surface area (Å²) in [7, 11) is 0. The molecule has 0 aromatic heterocycles. The maximum atomic E-state index is 13.0. The van der Waals surface area contributed by atoms with E-state index in [1.54, 1.807) is 0 Å². The number of carbonyl (C=O) groups excluding carboxylic acids is 1. The Bertz CT molecular complexity index is 312. The summed E-state index contributed by atoms with van der Waals surface area (Å²) in [6.07, 6.45) is -6.80. The summed E-state index contributed by atoms with van der Waals surface area (Å²) in [5.41, 5.74) is 4.02. The van der Waals surface area contributed by atoms with Gasteiger partial charge in [0.15, 0.2) is 0 Å². The number of alkyl carbamates (subject to hydrolysis) is 1. The van der Waals surface area contributed by atoms with E-state index in [2.05, 4.69) is 0 Å². The van der Waals surface area contributed by atoms with Gasteiger partial charge in [-0.2, -0.15) is 22.0 Å². The molecule has 0 heterocycles. The third-order valence-electron chi connectivity index (χ3n) is 2.07. The Labute approximate surface area is 107 Å². The van der Waals surface area contributed by atoms with Gasteiger partial charge in [0, 0.05) is 13.1 Å². The van der Waals surface area contributed by atoms with E-state index in [9.17, 15) is 26.7 Å². The second-order valence-electron chi connectivity index (χ2n) is 4.94. The minimum atomic E-state index is -5.72. The maximum Gasteiger partial charge on any atom is 0.453 e. The van der Waals surface area contributed by atoms with Gasteiger partial charge >= 0.3 is 18.2 Å². The van der Waals surface area contributed by atoms with Crippen molar-refractivity contribution < 1.29 is 31.5 Å². The SMILES string of the molecule is CC(C)(C)OC(=O)NCC(CN)C(F)(F)C(F)(F)F. The van der Waals surface area contributed by atoms with E-state index in [1.165, 1.54) is 20.8 Å². The first kappa shape index (κ1) is 17.9. The highest BCUT2D eigenvalue weighted by atomic mass is 19.4. The van der Waals surface area contributed by atoms with Gasteiger partial charge in [-0.3, -0.25) is 0 Å². The van der Waals surface area contributed by atoms with Crippen molar-refractivity contribution in [2.45, 2.75) is 38.5 Å². The van der Waals surface area contributed by atoms with Crippen molar-refractivity contribution in [1.29, 1.82) is 0 Å². The van der Waals surface area contributed by atoms with Crippen LogP contribution in [0.25, 0.3) is 0 Å². The molecular weight excluding hydrogens is 275 g/mol. The second kappa shape index (κ2) is 5.89. The Balaban J connectivity index is 4.56. The molecule has 0 aromatic rings. The molecule has 0 bridgehead atoms. The minimum Gasteiger partial charge on any atom is -0.444 e. The van der Waals surface area contributed by atoms with Gasteiger partial charge in [0.25, 0.3) is 0 Å². The molecule has 1 atom stereocenters. The van der Waals surface area contributed by atoms with Crippen LogP contribution in [0.4, 0.5) is 26.7 Å². The molecular formula is C10H17F5N2O2. The summed E-state index contributed by atoms with van der Waals surface area (Å²) in [6, 6.07) is 0. The first-order chi connectivity index (χ1) is 8.31. The van der Waals surface area contributed by atoms with Crippen LogP contribution in [0, 0.1) is 5.92 Å². The molecule has 0 aliphatic heterocycles. The highest BCUT2D eigenvalue weighted by Crippen LogP contribution is 2.40. The predicted octanol–water partition coefficient (Wildman–Crippen LogP) is 2.28. The van der Waals surface area contributed by atoms with Gasteiger partial charge in [-0.1, -0.05) is 0 Å². The van der Waals surface area contributed by atoms with E-state index in [0.717, 1.165) is 0 Å². The molecule has 114 valence electrons. The number of halogens is 5. The summed E-state index contributed by atoms with van der Waals surface area (Å²) in [5, 5.41) is 1.85. The molecule has 0 radical (unpaired) electrons. The lowest BCUT2D eigenvalue weighted by Crippen LogP contribution is -2.51. The number of ether oxygens (including phenoxy) is 1. The van der Waals surface area contributed by atoms with E-state index in [0.29, 0.717) is 0 Å². The fourth-order valence-electron chi connectivity index (χ4n) is 1.11. The third kappa shape index (κ3) is 5.58. The summed E-state index contributed by atoms with van der Waals surface area (Å²) in [6.45, 7) is 2.71. The molecule has 9 heteroatoms. The smallest absolute Gasteiger partial charge is 0.444 e. The monoisotopic (exact) mass is 292 g/mol. The van der Waals surface area contributed by atoms with Gasteiger partial charge in [0.1, 0.15) is 5.60 Å². The Morgan fingerprint density at radius 3 is 2.00 bits per heavy atom. The number of amides is 1. The molecule has 4 nitrogen and oxygen atoms in total. The molecule has 0 aromatic carbocycles. The summed E-state index contributed by atoms with van der Waals surface area (Å²) in [5.74, 6) is -7.23. The molecule has 1 unspecified atom stereocenters. The van der Waals surface area contributed by atoms with E-state index < -0.39 is 42.8 Å². The molecule has 0 aliphatic rings. The first-order valence-electron chi connectivity index (χ1n) is 5.42. The number of rotatable bonds is 4. The Kier molecular flexibility index (Phi) is 5.54. The van der Waals surface area contributed by atoms with Crippen molar-refractivity contribution in [3.63, 3.8) is 0 Å². The Hall–Kier alpha value is -1.12. The average Bonchev–Trinajstić information content (AvgIpc) is 2.13. The van der Waals surface area contributed by atoms with Crippen molar-refractivity contribution in [2.75, 3.05) is 13.1 Å². The highest BCUT2D eigenvalue weighted by molar-refractivity contribution is 5.67. The van der Waals surface area contributed by atoms with Crippen LogP contribution in [-0.2, 0) is 4.74 Å². The van der Waals surface area contributed by atoms with Crippen LogP contribution >= 0.6 is 0 Å². The van der Waals surface area contributed by atoms with E-state index >= 15 is 0 Å². The molecule has 0 aliphatic carbocycles. The zero-order valence-electron chi connectivity index (χ0n) is 10.8. The van der Waals surface area contributed by atoms with Gasteiger partial charge in [0.2, 0.25) is 0 Å². The van der Waals surface area contributed by atoms with Crippen LogP contribution in [0.5, 0.6) is 0 Å². The summed E-state index contributed by atoms with van der Waals surface area (Å²) >= 11 is 0. The molecule has 3 N–H and O–H groups in total. The van der Waals surface area contributed by atoms with Crippen LogP contribution in [0.1, 0.15) is 20.8 Å². The number of hydrogen-bond acceptors (Lipinski definition) is 3.